The molecule has 0 aliphatic carbocycles. The molecule has 0 aliphatic rings. The third-order valence-electron chi connectivity index (χ3n) is 2.16. The number of anilines is 1. The highest BCUT2D eigenvalue weighted by atomic mass is 16.5. The van der Waals surface area contributed by atoms with Crippen LogP contribution in [0.5, 0.6) is 5.75 Å². The van der Waals surface area contributed by atoms with Crippen molar-refractivity contribution in [3.8, 4) is 5.75 Å². The van der Waals surface area contributed by atoms with Crippen LogP contribution in [-0.4, -0.2) is 41.5 Å². The Bertz CT molecular complexity index is 432. The molecule has 0 heterocycles. The third kappa shape index (κ3) is 5.26. The molecule has 0 saturated carbocycles. The van der Waals surface area contributed by atoms with E-state index < -0.39 is 18.1 Å². The number of hydrogen-bond donors (Lipinski definition) is 4. The second-order valence-corrected chi connectivity index (χ2v) is 3.65. The van der Waals surface area contributed by atoms with E-state index in [0.717, 1.165) is 0 Å². The van der Waals surface area contributed by atoms with Crippen LogP contribution in [0.3, 0.4) is 0 Å². The zero-order chi connectivity index (χ0) is 14.3. The predicted molar refractivity (Wildman–Crippen MR) is 68.3 cm³/mol. The molecule has 2 amide bonds. The Morgan fingerprint density at radius 3 is 2.47 bits per heavy atom. The zero-order valence-electron chi connectivity index (χ0n) is 10.4. The maximum absolute atomic E-state index is 11.4. The summed E-state index contributed by atoms with van der Waals surface area (Å²) < 4.78 is 5.24. The van der Waals surface area contributed by atoms with Crippen molar-refractivity contribution in [2.45, 2.75) is 13.0 Å². The Balaban J connectivity index is 2.41. The molecule has 0 saturated heterocycles. The number of rotatable bonds is 6. The molecular weight excluding hydrogens is 252 g/mol. The minimum absolute atomic E-state index is 0.363. The van der Waals surface area contributed by atoms with Crippen molar-refractivity contribution in [2.75, 3.05) is 18.5 Å². The highest BCUT2D eigenvalue weighted by Crippen LogP contribution is 2.15. The monoisotopic (exact) mass is 268 g/mol. The first-order valence-electron chi connectivity index (χ1n) is 5.71. The minimum atomic E-state index is -1.62. The molecule has 0 aliphatic heterocycles. The lowest BCUT2D eigenvalue weighted by Crippen LogP contribution is -2.38. The Morgan fingerprint density at radius 1 is 1.32 bits per heavy atom. The third-order valence-corrected chi connectivity index (χ3v) is 2.16. The van der Waals surface area contributed by atoms with Gasteiger partial charge in [0.25, 0.3) is 0 Å². The number of benzene rings is 1. The summed E-state index contributed by atoms with van der Waals surface area (Å²) in [6.45, 7) is 2.06. The number of amides is 2. The van der Waals surface area contributed by atoms with Crippen LogP contribution in [0.15, 0.2) is 24.3 Å². The summed E-state index contributed by atoms with van der Waals surface area (Å²) in [6, 6.07) is 6.11. The maximum atomic E-state index is 11.4. The second kappa shape index (κ2) is 7.22. The van der Waals surface area contributed by atoms with Crippen LogP contribution in [0.4, 0.5) is 10.5 Å². The molecule has 0 spiro atoms. The normalized spacial score (nSPS) is 11.5. The molecule has 0 bridgehead atoms. The summed E-state index contributed by atoms with van der Waals surface area (Å²) in [5.74, 6) is -0.698. The molecule has 7 nitrogen and oxygen atoms in total. The number of aliphatic carboxylic acids is 1. The quantitative estimate of drug-likeness (QED) is 0.606. The highest BCUT2D eigenvalue weighted by Gasteiger charge is 2.13. The van der Waals surface area contributed by atoms with Crippen molar-refractivity contribution in [2.24, 2.45) is 0 Å². The van der Waals surface area contributed by atoms with E-state index in [1.54, 1.807) is 24.3 Å². The number of hydrogen-bond acceptors (Lipinski definition) is 4. The fourth-order valence-electron chi connectivity index (χ4n) is 1.25. The summed E-state index contributed by atoms with van der Waals surface area (Å²) in [6.07, 6.45) is -1.62. The van der Waals surface area contributed by atoms with E-state index in [1.807, 2.05) is 6.92 Å². The SMILES string of the molecule is CCOc1ccc(NC(=O)NC[C@H](O)C(=O)O)cc1. The van der Waals surface area contributed by atoms with Gasteiger partial charge in [-0.3, -0.25) is 0 Å². The van der Waals surface area contributed by atoms with Gasteiger partial charge in [0.2, 0.25) is 0 Å². The Hall–Kier alpha value is -2.28. The van der Waals surface area contributed by atoms with Gasteiger partial charge in [0, 0.05) is 5.69 Å². The summed E-state index contributed by atoms with van der Waals surface area (Å²) in [7, 11) is 0. The Kier molecular flexibility index (Phi) is 5.62. The van der Waals surface area contributed by atoms with E-state index in [-0.39, 0.29) is 6.54 Å². The van der Waals surface area contributed by atoms with Crippen molar-refractivity contribution >= 4 is 17.7 Å². The highest BCUT2D eigenvalue weighted by molar-refractivity contribution is 5.89. The summed E-state index contributed by atoms with van der Waals surface area (Å²) in [4.78, 5) is 21.7. The number of ether oxygens (including phenoxy) is 1. The molecule has 0 fully saturated rings. The zero-order valence-corrected chi connectivity index (χ0v) is 10.4. The number of urea groups is 1. The largest absolute Gasteiger partial charge is 0.494 e. The van der Waals surface area contributed by atoms with E-state index in [9.17, 15) is 9.59 Å². The molecule has 1 aromatic carbocycles. The number of aliphatic hydroxyl groups is 1. The molecule has 4 N–H and O–H groups in total. The number of carboxylic acid groups (broad SMARTS) is 1. The molecule has 1 rings (SSSR count). The van der Waals surface area contributed by atoms with Gasteiger partial charge in [-0.05, 0) is 31.2 Å². The number of carbonyl (C=O) groups excluding carboxylic acids is 1. The lowest BCUT2D eigenvalue weighted by atomic mass is 10.3. The van der Waals surface area contributed by atoms with Crippen LogP contribution in [0, 0.1) is 0 Å². The van der Waals surface area contributed by atoms with E-state index in [0.29, 0.717) is 18.0 Å². The smallest absolute Gasteiger partial charge is 0.334 e. The molecule has 1 atom stereocenters. The van der Waals surface area contributed by atoms with Gasteiger partial charge >= 0.3 is 12.0 Å². The number of nitrogens with one attached hydrogen (secondary N) is 2. The van der Waals surface area contributed by atoms with Gasteiger partial charge in [-0.15, -0.1) is 0 Å². The van der Waals surface area contributed by atoms with Crippen molar-refractivity contribution in [1.82, 2.24) is 5.32 Å². The molecule has 0 unspecified atom stereocenters. The van der Waals surface area contributed by atoms with Gasteiger partial charge in [-0.2, -0.15) is 0 Å². The van der Waals surface area contributed by atoms with E-state index in [1.165, 1.54) is 0 Å². The molecule has 0 radical (unpaired) electrons. The van der Waals surface area contributed by atoms with Crippen LogP contribution < -0.4 is 15.4 Å². The van der Waals surface area contributed by atoms with Crippen molar-refractivity contribution in [3.63, 3.8) is 0 Å². The fraction of sp³-hybridized carbons (Fsp3) is 0.333. The summed E-state index contributed by atoms with van der Waals surface area (Å²) in [5.41, 5.74) is 0.533. The van der Waals surface area contributed by atoms with Gasteiger partial charge in [0.1, 0.15) is 5.75 Å². The van der Waals surface area contributed by atoms with Gasteiger partial charge in [-0.25, -0.2) is 9.59 Å². The van der Waals surface area contributed by atoms with E-state index >= 15 is 0 Å². The average Bonchev–Trinajstić information content (AvgIpc) is 2.38. The lowest BCUT2D eigenvalue weighted by molar-refractivity contribution is -0.146. The van der Waals surface area contributed by atoms with Crippen molar-refractivity contribution in [1.29, 1.82) is 0 Å². The number of carbonyl (C=O) groups is 2. The molecule has 104 valence electrons. The summed E-state index contributed by atoms with van der Waals surface area (Å²) in [5, 5.41) is 22.1. The lowest BCUT2D eigenvalue weighted by Gasteiger charge is -2.10. The molecule has 7 heteroatoms. The standard InChI is InChI=1S/C12H16N2O5/c1-2-19-9-5-3-8(4-6-9)14-12(18)13-7-10(15)11(16)17/h3-6,10,15H,2,7H2,1H3,(H,16,17)(H2,13,14,18)/t10-/m0/s1. The first kappa shape index (κ1) is 14.8. The molecule has 1 aromatic rings. The molecule has 0 aromatic heterocycles. The van der Waals surface area contributed by atoms with E-state index in [2.05, 4.69) is 10.6 Å². The van der Waals surface area contributed by atoms with Crippen LogP contribution >= 0.6 is 0 Å². The number of aliphatic hydroxyl groups excluding tert-OH is 1. The fourth-order valence-corrected chi connectivity index (χ4v) is 1.25. The first-order chi connectivity index (χ1) is 9.02. The minimum Gasteiger partial charge on any atom is -0.494 e. The van der Waals surface area contributed by atoms with E-state index in [4.69, 9.17) is 14.9 Å². The van der Waals surface area contributed by atoms with Gasteiger partial charge < -0.3 is 25.6 Å². The molecular formula is C12H16N2O5. The Morgan fingerprint density at radius 2 is 1.95 bits per heavy atom. The topological polar surface area (TPSA) is 108 Å². The summed E-state index contributed by atoms with van der Waals surface area (Å²) >= 11 is 0. The van der Waals surface area contributed by atoms with Crippen molar-refractivity contribution in [3.05, 3.63) is 24.3 Å². The van der Waals surface area contributed by atoms with Crippen LogP contribution in [0.2, 0.25) is 0 Å². The average molecular weight is 268 g/mol. The van der Waals surface area contributed by atoms with Gasteiger partial charge in [-0.1, -0.05) is 0 Å². The van der Waals surface area contributed by atoms with Crippen LogP contribution in [-0.2, 0) is 4.79 Å². The Labute approximate surface area is 110 Å². The van der Waals surface area contributed by atoms with Crippen LogP contribution in [0.25, 0.3) is 0 Å². The first-order valence-corrected chi connectivity index (χ1v) is 5.71. The van der Waals surface area contributed by atoms with Crippen LogP contribution in [0.1, 0.15) is 6.92 Å². The maximum Gasteiger partial charge on any atom is 0.334 e. The predicted octanol–water partition coefficient (Wildman–Crippen LogP) is 0.652. The molecule has 19 heavy (non-hydrogen) atoms. The van der Waals surface area contributed by atoms with Gasteiger partial charge in [0.05, 0.1) is 13.2 Å². The number of carboxylic acids is 1. The van der Waals surface area contributed by atoms with Crippen molar-refractivity contribution < 1.29 is 24.5 Å². The second-order valence-electron chi connectivity index (χ2n) is 3.65. The van der Waals surface area contributed by atoms with Gasteiger partial charge in [0.15, 0.2) is 6.10 Å².